The van der Waals surface area contributed by atoms with Gasteiger partial charge in [0.2, 0.25) is 11.8 Å². The number of benzene rings is 4. The Hall–Kier alpha value is -4.26. The van der Waals surface area contributed by atoms with E-state index >= 15 is 0 Å². The molecule has 1 saturated heterocycles. The number of hydrogen-bond acceptors (Lipinski definition) is 7. The molecule has 220 valence electrons. The van der Waals surface area contributed by atoms with Crippen LogP contribution in [0.15, 0.2) is 99.2 Å². The molecular weight excluding hydrogens is 669 g/mol. The monoisotopic (exact) mass is 689 g/mol. The summed E-state index contributed by atoms with van der Waals surface area (Å²) in [5.41, 5.74) is 1.44. The van der Waals surface area contributed by atoms with Gasteiger partial charge in [-0.2, -0.15) is 0 Å². The number of rotatable bonds is 6. The van der Waals surface area contributed by atoms with Crippen molar-refractivity contribution in [1.82, 2.24) is 4.98 Å². The normalized spacial score (nSPS) is 19.1. The van der Waals surface area contributed by atoms with Gasteiger partial charge in [0.05, 0.1) is 16.6 Å². The highest BCUT2D eigenvalue weighted by Gasteiger charge is 2.56. The van der Waals surface area contributed by atoms with Crippen molar-refractivity contribution in [2.24, 2.45) is 5.92 Å². The Bertz CT molecular complexity index is 2030. The van der Waals surface area contributed by atoms with Gasteiger partial charge in [-0.15, -0.1) is 0 Å². The quantitative estimate of drug-likeness (QED) is 0.203. The van der Waals surface area contributed by atoms with E-state index in [-0.39, 0.29) is 23.1 Å². The molecular formula is C32H21BrFN3O5S2. The van der Waals surface area contributed by atoms with Crippen LogP contribution in [0.3, 0.4) is 0 Å². The first-order chi connectivity index (χ1) is 21.3. The van der Waals surface area contributed by atoms with Crippen LogP contribution < -0.4 is 19.8 Å². The Balaban J connectivity index is 1.21. The molecule has 0 aliphatic carbocycles. The van der Waals surface area contributed by atoms with Gasteiger partial charge in [-0.25, -0.2) is 9.29 Å². The number of nitrogens with one attached hydrogen (secondary N) is 2. The van der Waals surface area contributed by atoms with E-state index in [0.717, 1.165) is 38.8 Å². The van der Waals surface area contributed by atoms with Crippen molar-refractivity contribution in [3.63, 3.8) is 0 Å². The molecule has 0 bridgehead atoms. The maximum atomic E-state index is 14.0. The van der Waals surface area contributed by atoms with Gasteiger partial charge in [-0.05, 0) is 65.4 Å². The van der Waals surface area contributed by atoms with E-state index in [1.165, 1.54) is 24.3 Å². The second-order valence-electron chi connectivity index (χ2n) is 10.3. The number of H-pyrrole nitrogens is 1. The molecule has 0 saturated carbocycles. The summed E-state index contributed by atoms with van der Waals surface area (Å²) in [5, 5.41) is 4.57. The second kappa shape index (κ2) is 11.3. The fraction of sp³-hybridized carbons (Fsp3) is 0.125. The van der Waals surface area contributed by atoms with Crippen LogP contribution in [0.2, 0.25) is 0 Å². The lowest BCUT2D eigenvalue weighted by atomic mass is 9.82. The van der Waals surface area contributed by atoms with Gasteiger partial charge >= 0.3 is 4.87 Å². The number of carbonyl (C=O) groups excluding carboxylic acids is 3. The zero-order chi connectivity index (χ0) is 30.5. The first-order valence-corrected chi connectivity index (χ1v) is 16.0. The number of thioether (sulfide) groups is 1. The van der Waals surface area contributed by atoms with Crippen LogP contribution in [0.25, 0.3) is 10.8 Å². The fourth-order valence-electron chi connectivity index (χ4n) is 5.70. The largest absolute Gasteiger partial charge is 0.483 e. The molecule has 2 N–H and O–H groups in total. The smallest absolute Gasteiger partial charge is 0.305 e. The third kappa shape index (κ3) is 5.12. The van der Waals surface area contributed by atoms with Crippen molar-refractivity contribution in [1.29, 1.82) is 0 Å². The zero-order valence-corrected chi connectivity index (χ0v) is 25.8. The highest BCUT2D eigenvalue weighted by atomic mass is 79.9. The summed E-state index contributed by atoms with van der Waals surface area (Å²) in [6.45, 7) is -0.318. The highest BCUT2D eigenvalue weighted by molar-refractivity contribution is 9.10. The van der Waals surface area contributed by atoms with Gasteiger partial charge in [0, 0.05) is 26.5 Å². The third-order valence-corrected chi connectivity index (χ3v) is 10.5. The maximum Gasteiger partial charge on any atom is 0.305 e. The van der Waals surface area contributed by atoms with Crippen molar-refractivity contribution in [3.05, 3.63) is 115 Å². The topological polar surface area (TPSA) is 109 Å². The second-order valence-corrected chi connectivity index (χ2v) is 13.4. The van der Waals surface area contributed by atoms with Gasteiger partial charge in [0.1, 0.15) is 16.8 Å². The molecule has 7 rings (SSSR count). The van der Waals surface area contributed by atoms with Crippen LogP contribution in [0.1, 0.15) is 16.4 Å². The molecule has 3 heterocycles. The Morgan fingerprint density at radius 2 is 1.73 bits per heavy atom. The molecule has 12 heteroatoms. The zero-order valence-electron chi connectivity index (χ0n) is 22.6. The molecule has 8 nitrogen and oxygen atoms in total. The van der Waals surface area contributed by atoms with Crippen LogP contribution >= 0.6 is 39.0 Å². The van der Waals surface area contributed by atoms with E-state index in [1.807, 2.05) is 42.5 Å². The number of amides is 3. The molecule has 0 spiro atoms. The van der Waals surface area contributed by atoms with Crippen molar-refractivity contribution in [2.45, 2.75) is 16.2 Å². The van der Waals surface area contributed by atoms with Crippen LogP contribution in [-0.4, -0.2) is 34.6 Å². The summed E-state index contributed by atoms with van der Waals surface area (Å²) in [5.74, 6) is -3.05. The number of halogens is 2. The molecule has 5 aromatic rings. The van der Waals surface area contributed by atoms with E-state index in [1.54, 1.807) is 18.2 Å². The number of imide groups is 1. The average Bonchev–Trinajstić information content (AvgIpc) is 3.51. The van der Waals surface area contributed by atoms with Crippen LogP contribution in [0.4, 0.5) is 15.8 Å². The molecule has 4 aromatic carbocycles. The Labute approximate surface area is 266 Å². The fourth-order valence-corrected chi connectivity index (χ4v) is 8.58. The van der Waals surface area contributed by atoms with Crippen LogP contribution in [0, 0.1) is 11.7 Å². The number of ether oxygens (including phenoxy) is 1. The Morgan fingerprint density at radius 1 is 0.955 bits per heavy atom. The number of carbonyl (C=O) groups is 3. The van der Waals surface area contributed by atoms with E-state index < -0.39 is 34.7 Å². The third-order valence-electron chi connectivity index (χ3n) is 7.61. The van der Waals surface area contributed by atoms with Gasteiger partial charge in [-0.3, -0.25) is 19.2 Å². The molecule has 2 aliphatic heterocycles. The lowest BCUT2D eigenvalue weighted by molar-refractivity contribution is -0.122. The summed E-state index contributed by atoms with van der Waals surface area (Å²) in [6.07, 6.45) is 0. The number of nitrogens with zero attached hydrogens (tertiary/aromatic N) is 1. The summed E-state index contributed by atoms with van der Waals surface area (Å²) < 4.78 is 20.4. The summed E-state index contributed by atoms with van der Waals surface area (Å²) in [4.78, 5) is 57.3. The first-order valence-electron chi connectivity index (χ1n) is 13.5. The van der Waals surface area contributed by atoms with Gasteiger partial charge in [-0.1, -0.05) is 69.4 Å². The molecule has 2 aliphatic rings. The summed E-state index contributed by atoms with van der Waals surface area (Å²) >= 11 is 5.62. The van der Waals surface area contributed by atoms with Crippen molar-refractivity contribution in [2.75, 3.05) is 16.8 Å². The molecule has 44 heavy (non-hydrogen) atoms. The lowest BCUT2D eigenvalue weighted by Gasteiger charge is -2.31. The maximum absolute atomic E-state index is 14.0. The SMILES string of the molecule is O=C(COc1ccc(Br)cc1C1c2sc(=O)[nH]c2SC2C(=O)N(c3ccc(F)cc3)C(=O)C21)Nc1ccc2ccccc2c1. The van der Waals surface area contributed by atoms with Gasteiger partial charge < -0.3 is 15.0 Å². The lowest BCUT2D eigenvalue weighted by Crippen LogP contribution is -2.32. The van der Waals surface area contributed by atoms with E-state index in [0.29, 0.717) is 31.4 Å². The van der Waals surface area contributed by atoms with E-state index in [9.17, 15) is 23.6 Å². The predicted octanol–water partition coefficient (Wildman–Crippen LogP) is 6.30. The van der Waals surface area contributed by atoms with Gasteiger partial charge in [0.25, 0.3) is 5.91 Å². The number of anilines is 2. The number of hydrogen-bond donors (Lipinski definition) is 2. The predicted molar refractivity (Wildman–Crippen MR) is 171 cm³/mol. The molecule has 3 atom stereocenters. The number of aromatic amines is 1. The van der Waals surface area contributed by atoms with Crippen molar-refractivity contribution < 1.29 is 23.5 Å². The van der Waals surface area contributed by atoms with Crippen molar-refractivity contribution in [3.8, 4) is 5.75 Å². The van der Waals surface area contributed by atoms with Crippen LogP contribution in [-0.2, 0) is 14.4 Å². The molecule has 3 unspecified atom stereocenters. The van der Waals surface area contributed by atoms with E-state index in [4.69, 9.17) is 4.74 Å². The number of aromatic nitrogens is 1. The number of fused-ring (bicyclic) bond motifs is 3. The standard InChI is InChI=1S/C32H21BrFN3O5S2/c33-18-6-12-23(42-15-24(38)35-20-9-5-16-3-1-2-4-17(16)13-20)22(14-18)25-26-28(43-29-27(25)44-32(41)36-29)31(40)37(30(26)39)21-10-7-19(34)8-11-21/h1-14,25-26,28H,15H2,(H,35,38)(H,36,41). The molecule has 3 amide bonds. The van der Waals surface area contributed by atoms with Crippen LogP contribution in [0.5, 0.6) is 5.75 Å². The first kappa shape index (κ1) is 28.5. The van der Waals surface area contributed by atoms with E-state index in [2.05, 4.69) is 26.2 Å². The molecule has 1 aromatic heterocycles. The Kier molecular flexibility index (Phi) is 7.35. The molecule has 1 fully saturated rings. The Morgan fingerprint density at radius 3 is 2.52 bits per heavy atom. The minimum atomic E-state index is -0.875. The van der Waals surface area contributed by atoms with Crippen molar-refractivity contribution >= 4 is 78.9 Å². The van der Waals surface area contributed by atoms with Gasteiger partial charge in [0.15, 0.2) is 6.61 Å². The minimum absolute atomic E-state index is 0.267. The summed E-state index contributed by atoms with van der Waals surface area (Å²) in [7, 11) is 0. The summed E-state index contributed by atoms with van der Waals surface area (Å²) in [6, 6.07) is 23.8. The number of thiazole rings is 1. The highest BCUT2D eigenvalue weighted by Crippen LogP contribution is 2.54. The minimum Gasteiger partial charge on any atom is -0.483 e. The average molecular weight is 691 g/mol. The molecule has 0 radical (unpaired) electrons.